The van der Waals surface area contributed by atoms with Crippen molar-refractivity contribution < 1.29 is 0 Å². The van der Waals surface area contributed by atoms with Crippen molar-refractivity contribution in [3.05, 3.63) is 89.4 Å². The minimum absolute atomic E-state index is 0.144. The van der Waals surface area contributed by atoms with Crippen molar-refractivity contribution >= 4 is 5.69 Å². The summed E-state index contributed by atoms with van der Waals surface area (Å²) < 4.78 is 0. The van der Waals surface area contributed by atoms with Gasteiger partial charge in [-0.25, -0.2) is 0 Å². The third kappa shape index (κ3) is 2.47. The van der Waals surface area contributed by atoms with Crippen molar-refractivity contribution in [2.75, 3.05) is 4.90 Å². The lowest BCUT2D eigenvalue weighted by Crippen LogP contribution is -2.30. The van der Waals surface area contributed by atoms with Crippen molar-refractivity contribution in [1.82, 2.24) is 4.90 Å². The Morgan fingerprint density at radius 1 is 0.893 bits per heavy atom. The van der Waals surface area contributed by atoms with Crippen LogP contribution < -0.4 is 4.90 Å². The van der Waals surface area contributed by atoms with E-state index in [1.165, 1.54) is 53.9 Å². The molecule has 0 saturated heterocycles. The zero-order valence-corrected chi connectivity index (χ0v) is 17.2. The smallest absolute Gasteiger partial charge is 0.136 e. The van der Waals surface area contributed by atoms with E-state index >= 15 is 0 Å². The molecular weight excluding hydrogens is 340 g/mol. The van der Waals surface area contributed by atoms with E-state index in [2.05, 4.69) is 97.4 Å². The van der Waals surface area contributed by atoms with Crippen LogP contribution in [-0.4, -0.2) is 4.90 Å². The summed E-state index contributed by atoms with van der Waals surface area (Å²) in [6.07, 6.45) is 10.5. The number of aryl methyl sites for hydroxylation is 1. The highest BCUT2D eigenvalue weighted by atomic mass is 15.4. The Hall–Kier alpha value is -2.48. The van der Waals surface area contributed by atoms with E-state index in [9.17, 15) is 0 Å². The minimum Gasteiger partial charge on any atom is -0.324 e. The van der Waals surface area contributed by atoms with Crippen molar-refractivity contribution in [3.63, 3.8) is 0 Å². The molecule has 0 radical (unpaired) electrons. The van der Waals surface area contributed by atoms with Crippen LogP contribution in [0.2, 0.25) is 0 Å². The summed E-state index contributed by atoms with van der Waals surface area (Å²) in [5.74, 6) is 0.756. The molecule has 2 nitrogen and oxygen atoms in total. The second-order valence-corrected chi connectivity index (χ2v) is 8.86. The molecule has 1 saturated carbocycles. The fraction of sp³-hybridized carbons (Fsp3) is 0.385. The number of fused-ring (bicyclic) bond motifs is 1. The third-order valence-corrected chi connectivity index (χ3v) is 7.24. The highest BCUT2D eigenvalue weighted by Gasteiger charge is 2.50. The molecule has 2 aromatic carbocycles. The molecule has 3 aliphatic rings. The maximum atomic E-state index is 2.57. The monoisotopic (exact) mass is 370 g/mol. The SMILES string of the molecule is CC1=C2N(C=CC2(C)C2CCCC2)C(c2ccccc2)N1c1ccccc1C. The predicted molar refractivity (Wildman–Crippen MR) is 117 cm³/mol. The molecule has 2 atom stereocenters. The van der Waals surface area contributed by atoms with Gasteiger partial charge in [0.05, 0.1) is 0 Å². The van der Waals surface area contributed by atoms with Crippen LogP contribution in [0, 0.1) is 18.3 Å². The Balaban J connectivity index is 1.67. The van der Waals surface area contributed by atoms with Gasteiger partial charge in [0.2, 0.25) is 0 Å². The molecule has 5 rings (SSSR count). The van der Waals surface area contributed by atoms with Gasteiger partial charge in [0.15, 0.2) is 0 Å². The van der Waals surface area contributed by atoms with E-state index < -0.39 is 0 Å². The Labute approximate surface area is 169 Å². The van der Waals surface area contributed by atoms with Crippen LogP contribution in [0.3, 0.4) is 0 Å². The van der Waals surface area contributed by atoms with Crippen LogP contribution in [0.5, 0.6) is 0 Å². The van der Waals surface area contributed by atoms with Crippen molar-refractivity contribution in [3.8, 4) is 0 Å². The molecule has 2 heteroatoms. The van der Waals surface area contributed by atoms with Gasteiger partial charge in [-0.2, -0.15) is 0 Å². The van der Waals surface area contributed by atoms with E-state index in [1.54, 1.807) is 0 Å². The molecule has 2 aromatic rings. The Morgan fingerprint density at radius 3 is 2.29 bits per heavy atom. The number of allylic oxidation sites excluding steroid dienone is 2. The number of anilines is 1. The molecule has 2 aliphatic heterocycles. The van der Waals surface area contributed by atoms with E-state index in [0.29, 0.717) is 0 Å². The number of hydrogen-bond donors (Lipinski definition) is 0. The number of hydrogen-bond acceptors (Lipinski definition) is 2. The lowest BCUT2D eigenvalue weighted by molar-refractivity contribution is 0.265. The average Bonchev–Trinajstić information content (AvgIpc) is 3.42. The number of nitrogens with zero attached hydrogens (tertiary/aromatic N) is 2. The van der Waals surface area contributed by atoms with Crippen molar-refractivity contribution in [1.29, 1.82) is 0 Å². The first-order valence-electron chi connectivity index (χ1n) is 10.7. The topological polar surface area (TPSA) is 6.48 Å². The summed E-state index contributed by atoms with van der Waals surface area (Å²) in [7, 11) is 0. The number of para-hydroxylation sites is 1. The van der Waals surface area contributed by atoms with Gasteiger partial charge in [-0.3, -0.25) is 0 Å². The van der Waals surface area contributed by atoms with Crippen LogP contribution in [0.25, 0.3) is 0 Å². The van der Waals surface area contributed by atoms with Crippen LogP contribution >= 0.6 is 0 Å². The van der Waals surface area contributed by atoms with E-state index in [0.717, 1.165) is 5.92 Å². The third-order valence-electron chi connectivity index (χ3n) is 7.24. The van der Waals surface area contributed by atoms with Gasteiger partial charge >= 0.3 is 0 Å². The van der Waals surface area contributed by atoms with Crippen molar-refractivity contribution in [2.45, 2.75) is 52.6 Å². The Morgan fingerprint density at radius 2 is 1.57 bits per heavy atom. The summed E-state index contributed by atoms with van der Waals surface area (Å²) in [6.45, 7) is 7.03. The van der Waals surface area contributed by atoms with Gasteiger partial charge < -0.3 is 9.80 Å². The van der Waals surface area contributed by atoms with E-state index in [4.69, 9.17) is 0 Å². The lowest BCUT2D eigenvalue weighted by Gasteiger charge is -2.34. The molecule has 2 unspecified atom stereocenters. The van der Waals surface area contributed by atoms with Gasteiger partial charge in [0.25, 0.3) is 0 Å². The zero-order valence-electron chi connectivity index (χ0n) is 17.2. The van der Waals surface area contributed by atoms with Gasteiger partial charge in [-0.1, -0.05) is 74.4 Å². The quantitative estimate of drug-likeness (QED) is 0.588. The Bertz CT molecular complexity index is 936. The predicted octanol–water partition coefficient (Wildman–Crippen LogP) is 6.77. The van der Waals surface area contributed by atoms with Gasteiger partial charge in [-0.15, -0.1) is 0 Å². The lowest BCUT2D eigenvalue weighted by atomic mass is 9.74. The fourth-order valence-electron chi connectivity index (χ4n) is 5.81. The first-order valence-corrected chi connectivity index (χ1v) is 10.7. The molecule has 144 valence electrons. The number of rotatable bonds is 3. The summed E-state index contributed by atoms with van der Waals surface area (Å²) in [6, 6.07) is 19.8. The summed E-state index contributed by atoms with van der Waals surface area (Å²) in [4.78, 5) is 5.12. The van der Waals surface area contributed by atoms with Crippen molar-refractivity contribution in [2.24, 2.45) is 11.3 Å². The number of benzene rings is 2. The minimum atomic E-state index is 0.144. The second-order valence-electron chi connectivity index (χ2n) is 8.86. The molecule has 2 heterocycles. The molecule has 28 heavy (non-hydrogen) atoms. The first-order chi connectivity index (χ1) is 13.6. The van der Waals surface area contributed by atoms with E-state index in [1.807, 2.05) is 0 Å². The standard InChI is InChI=1S/C26H30N2/c1-19-11-7-10-16-23(19)28-20(2)24-26(3,22-14-8-9-15-22)17-18-27(24)25(28)21-12-5-4-6-13-21/h4-7,10-13,16-18,22,25H,8-9,14-15H2,1-3H3. The molecule has 0 N–H and O–H groups in total. The highest BCUT2D eigenvalue weighted by molar-refractivity contribution is 5.63. The zero-order chi connectivity index (χ0) is 19.3. The molecule has 0 spiro atoms. The highest BCUT2D eigenvalue weighted by Crippen LogP contribution is 2.57. The first kappa shape index (κ1) is 17.6. The summed E-state index contributed by atoms with van der Waals surface area (Å²) in [5.41, 5.74) is 7.05. The molecule has 0 amide bonds. The summed E-state index contributed by atoms with van der Waals surface area (Å²) in [5, 5.41) is 0. The van der Waals surface area contributed by atoms with Crippen LogP contribution in [0.1, 0.15) is 56.8 Å². The Kier molecular flexibility index (Phi) is 4.12. The molecule has 0 aromatic heterocycles. The van der Waals surface area contributed by atoms with Gasteiger partial charge in [-0.05, 0) is 49.8 Å². The van der Waals surface area contributed by atoms with E-state index in [-0.39, 0.29) is 11.6 Å². The molecule has 0 bridgehead atoms. The normalized spacial score (nSPS) is 27.2. The van der Waals surface area contributed by atoms with Crippen LogP contribution in [0.4, 0.5) is 5.69 Å². The fourth-order valence-corrected chi connectivity index (χ4v) is 5.81. The molecule has 1 aliphatic carbocycles. The maximum absolute atomic E-state index is 2.57. The summed E-state index contributed by atoms with van der Waals surface area (Å²) >= 11 is 0. The molecule has 1 fully saturated rings. The average molecular weight is 371 g/mol. The molecular formula is C26H30N2. The van der Waals surface area contributed by atoms with Crippen LogP contribution in [0.15, 0.2) is 78.3 Å². The van der Waals surface area contributed by atoms with Gasteiger partial charge in [0, 0.05) is 28.7 Å². The maximum Gasteiger partial charge on any atom is 0.136 e. The second kappa shape index (κ2) is 6.55. The van der Waals surface area contributed by atoms with Gasteiger partial charge in [0.1, 0.15) is 6.17 Å². The van der Waals surface area contributed by atoms with Crippen LogP contribution in [-0.2, 0) is 0 Å². The largest absolute Gasteiger partial charge is 0.324 e.